The van der Waals surface area contributed by atoms with Gasteiger partial charge in [0.05, 0.1) is 24.2 Å². The zero-order valence-corrected chi connectivity index (χ0v) is 18.6. The summed E-state index contributed by atoms with van der Waals surface area (Å²) in [5.74, 6) is -2.90. The van der Waals surface area contributed by atoms with Crippen molar-refractivity contribution in [3.8, 4) is 0 Å². The van der Waals surface area contributed by atoms with Crippen molar-refractivity contribution in [1.29, 1.82) is 0 Å². The average Bonchev–Trinajstić information content (AvgIpc) is 3.04. The van der Waals surface area contributed by atoms with Crippen LogP contribution in [-0.2, 0) is 27.2 Å². The lowest BCUT2D eigenvalue weighted by molar-refractivity contribution is -0.370. The SMILES string of the molecule is COC1(OC)Cc2c(sc(NC(=S)NC(=O)c3ccccc3Br)c2C(=O)O)CO1. The highest BCUT2D eigenvalue weighted by Gasteiger charge is 2.40. The smallest absolute Gasteiger partial charge is 0.339 e. The van der Waals surface area contributed by atoms with Gasteiger partial charge in [0.15, 0.2) is 5.11 Å². The molecule has 11 heteroatoms. The minimum absolute atomic E-state index is 0.0162. The highest BCUT2D eigenvalue weighted by atomic mass is 79.9. The average molecular weight is 501 g/mol. The standard InChI is InChI=1S/C18H17BrN2O6S2/c1-25-18(26-2)7-10-12(8-27-18)29-15(13(10)16(23)24)21-17(28)20-14(22)9-5-3-4-6-11(9)19/h3-6H,7-8H2,1-2H3,(H,23,24)(H2,20,21,22,28). The number of ether oxygens (including phenoxy) is 3. The number of thiocarbonyl (C=S) groups is 1. The third-order valence-electron chi connectivity index (χ3n) is 4.32. The number of hydrogen-bond donors (Lipinski definition) is 3. The number of rotatable bonds is 5. The molecule has 0 saturated carbocycles. The molecular formula is C18H17BrN2O6S2. The van der Waals surface area contributed by atoms with Gasteiger partial charge in [-0.3, -0.25) is 10.1 Å². The van der Waals surface area contributed by atoms with Crippen molar-refractivity contribution in [2.75, 3.05) is 19.5 Å². The van der Waals surface area contributed by atoms with Gasteiger partial charge in [0.1, 0.15) is 5.00 Å². The monoisotopic (exact) mass is 500 g/mol. The molecule has 8 nitrogen and oxygen atoms in total. The second-order valence-electron chi connectivity index (χ2n) is 5.96. The Kier molecular flexibility index (Phi) is 6.66. The maximum atomic E-state index is 12.4. The molecule has 0 atom stereocenters. The maximum Gasteiger partial charge on any atom is 0.339 e. The molecule has 0 aliphatic carbocycles. The number of amides is 1. The fourth-order valence-electron chi connectivity index (χ4n) is 2.87. The predicted molar refractivity (Wildman–Crippen MR) is 114 cm³/mol. The number of thiophene rings is 1. The normalized spacial score (nSPS) is 14.7. The molecule has 29 heavy (non-hydrogen) atoms. The summed E-state index contributed by atoms with van der Waals surface area (Å²) in [6.07, 6.45) is 0.102. The highest BCUT2D eigenvalue weighted by Crippen LogP contribution is 2.41. The van der Waals surface area contributed by atoms with E-state index in [0.717, 1.165) is 4.88 Å². The highest BCUT2D eigenvalue weighted by molar-refractivity contribution is 9.10. The van der Waals surface area contributed by atoms with Crippen LogP contribution in [0, 0.1) is 0 Å². The second-order valence-corrected chi connectivity index (χ2v) is 8.33. The van der Waals surface area contributed by atoms with Gasteiger partial charge in [0.25, 0.3) is 11.9 Å². The van der Waals surface area contributed by atoms with E-state index in [1.165, 1.54) is 25.6 Å². The van der Waals surface area contributed by atoms with E-state index in [2.05, 4.69) is 26.6 Å². The van der Waals surface area contributed by atoms with Crippen LogP contribution in [0.4, 0.5) is 5.00 Å². The number of carboxylic acids is 1. The molecule has 1 aromatic heterocycles. The van der Waals surface area contributed by atoms with Gasteiger partial charge in [-0.2, -0.15) is 0 Å². The van der Waals surface area contributed by atoms with Gasteiger partial charge >= 0.3 is 5.97 Å². The van der Waals surface area contributed by atoms with E-state index in [-0.39, 0.29) is 23.7 Å². The fourth-order valence-corrected chi connectivity index (χ4v) is 4.72. The van der Waals surface area contributed by atoms with Crippen LogP contribution in [0.3, 0.4) is 0 Å². The van der Waals surface area contributed by atoms with Crippen molar-refractivity contribution in [3.05, 3.63) is 50.3 Å². The Morgan fingerprint density at radius 2 is 2.00 bits per heavy atom. The minimum atomic E-state index is -1.34. The van der Waals surface area contributed by atoms with Crippen molar-refractivity contribution < 1.29 is 28.9 Å². The number of halogens is 1. The lowest BCUT2D eigenvalue weighted by Gasteiger charge is -2.33. The number of carbonyl (C=O) groups excluding carboxylic acids is 1. The largest absolute Gasteiger partial charge is 0.478 e. The number of hydrogen-bond acceptors (Lipinski definition) is 7. The predicted octanol–water partition coefficient (Wildman–Crippen LogP) is 3.35. The number of anilines is 1. The Labute approximate surface area is 184 Å². The third-order valence-corrected chi connectivity index (χ3v) is 6.33. The molecule has 2 heterocycles. The summed E-state index contributed by atoms with van der Waals surface area (Å²) in [5.41, 5.74) is 0.989. The third kappa shape index (κ3) is 4.49. The van der Waals surface area contributed by atoms with E-state index in [4.69, 9.17) is 26.4 Å². The first-order chi connectivity index (χ1) is 13.8. The molecule has 1 aromatic carbocycles. The Morgan fingerprint density at radius 1 is 1.31 bits per heavy atom. The molecule has 0 unspecified atom stereocenters. The van der Waals surface area contributed by atoms with Crippen LogP contribution in [-0.4, -0.2) is 42.3 Å². The lowest BCUT2D eigenvalue weighted by Crippen LogP contribution is -2.42. The van der Waals surface area contributed by atoms with Crippen molar-refractivity contribution in [1.82, 2.24) is 5.32 Å². The van der Waals surface area contributed by atoms with Crippen LogP contribution < -0.4 is 10.6 Å². The molecule has 1 aliphatic rings. The fraction of sp³-hybridized carbons (Fsp3) is 0.278. The number of nitrogens with one attached hydrogen (secondary N) is 2. The molecule has 0 saturated heterocycles. The molecule has 3 rings (SSSR count). The molecule has 2 aromatic rings. The second kappa shape index (κ2) is 8.86. The molecule has 1 aliphatic heterocycles. The van der Waals surface area contributed by atoms with Crippen molar-refractivity contribution in [3.63, 3.8) is 0 Å². The van der Waals surface area contributed by atoms with Crippen LogP contribution in [0.5, 0.6) is 0 Å². The van der Waals surface area contributed by atoms with Gasteiger partial charge in [-0.1, -0.05) is 12.1 Å². The van der Waals surface area contributed by atoms with E-state index in [1.807, 2.05) is 0 Å². The van der Waals surface area contributed by atoms with Crippen LogP contribution >= 0.6 is 39.5 Å². The summed E-state index contributed by atoms with van der Waals surface area (Å²) in [6, 6.07) is 6.89. The Morgan fingerprint density at radius 3 is 2.62 bits per heavy atom. The number of carboxylic acid groups (broad SMARTS) is 1. The molecule has 0 spiro atoms. The molecule has 3 N–H and O–H groups in total. The van der Waals surface area contributed by atoms with Crippen LogP contribution in [0.25, 0.3) is 0 Å². The topological polar surface area (TPSA) is 106 Å². The van der Waals surface area contributed by atoms with Gasteiger partial charge in [-0.15, -0.1) is 11.3 Å². The maximum absolute atomic E-state index is 12.4. The summed E-state index contributed by atoms with van der Waals surface area (Å²) >= 11 is 9.71. The minimum Gasteiger partial charge on any atom is -0.478 e. The van der Waals surface area contributed by atoms with Crippen molar-refractivity contribution >= 4 is 61.5 Å². The molecule has 154 valence electrons. The molecule has 0 bridgehead atoms. The summed E-state index contributed by atoms with van der Waals surface area (Å²) in [7, 11) is 2.85. The summed E-state index contributed by atoms with van der Waals surface area (Å²) in [5, 5.41) is 15.4. The summed E-state index contributed by atoms with van der Waals surface area (Å²) < 4.78 is 16.8. The van der Waals surface area contributed by atoms with E-state index in [1.54, 1.807) is 24.3 Å². The van der Waals surface area contributed by atoms with Crippen molar-refractivity contribution in [2.24, 2.45) is 0 Å². The van der Waals surface area contributed by atoms with E-state index < -0.39 is 17.8 Å². The zero-order chi connectivity index (χ0) is 21.2. The van der Waals surface area contributed by atoms with E-state index in [0.29, 0.717) is 20.6 Å². The van der Waals surface area contributed by atoms with Crippen molar-refractivity contribution in [2.45, 2.75) is 19.0 Å². The van der Waals surface area contributed by atoms with Crippen LogP contribution in [0.1, 0.15) is 31.2 Å². The van der Waals surface area contributed by atoms with E-state index >= 15 is 0 Å². The van der Waals surface area contributed by atoms with Crippen LogP contribution in [0.2, 0.25) is 0 Å². The summed E-state index contributed by atoms with van der Waals surface area (Å²) in [6.45, 7) is 0.125. The molecule has 1 amide bonds. The Bertz CT molecular complexity index is 973. The van der Waals surface area contributed by atoms with Gasteiger partial charge < -0.3 is 24.6 Å². The number of methoxy groups -OCH3 is 2. The zero-order valence-electron chi connectivity index (χ0n) is 15.4. The number of carbonyl (C=O) groups is 2. The van der Waals surface area contributed by atoms with Gasteiger partial charge in [0, 0.05) is 23.6 Å². The number of aromatic carboxylic acids is 1. The first-order valence-corrected chi connectivity index (χ1v) is 10.3. The van der Waals surface area contributed by atoms with Crippen LogP contribution in [0.15, 0.2) is 28.7 Å². The number of fused-ring (bicyclic) bond motifs is 1. The first kappa shape index (κ1) is 21.8. The Hall–Kier alpha value is -1.89. The number of benzene rings is 1. The molecule has 0 radical (unpaired) electrons. The molecule has 0 fully saturated rings. The van der Waals surface area contributed by atoms with E-state index in [9.17, 15) is 14.7 Å². The first-order valence-electron chi connectivity index (χ1n) is 8.29. The Balaban J connectivity index is 1.82. The quantitative estimate of drug-likeness (QED) is 0.423. The van der Waals surface area contributed by atoms with Gasteiger partial charge in [-0.25, -0.2) is 4.79 Å². The molecular weight excluding hydrogens is 484 g/mol. The summed E-state index contributed by atoms with van der Waals surface area (Å²) in [4.78, 5) is 25.0. The van der Waals surface area contributed by atoms with Gasteiger partial charge in [-0.05, 0) is 45.8 Å². The van der Waals surface area contributed by atoms with Gasteiger partial charge in [0.2, 0.25) is 0 Å². The lowest BCUT2D eigenvalue weighted by atomic mass is 10.0.